The molecule has 0 fully saturated rings. The molecule has 6 heteroatoms. The smallest absolute Gasteiger partial charge is 0.266 e. The quantitative estimate of drug-likeness (QED) is 0.422. The van der Waals surface area contributed by atoms with Crippen molar-refractivity contribution in [2.24, 2.45) is 0 Å². The molecule has 1 unspecified atom stereocenters. The zero-order valence-corrected chi connectivity index (χ0v) is 18.5. The lowest BCUT2D eigenvalue weighted by atomic mass is 10.1. The molecule has 4 nitrogen and oxygen atoms in total. The first-order valence-electron chi connectivity index (χ1n) is 9.89. The fourth-order valence-electron chi connectivity index (χ4n) is 3.84. The molecule has 0 spiro atoms. The Morgan fingerprint density at radius 2 is 1.52 bits per heavy atom. The molecule has 5 rings (SSSR count). The number of nitrogens with one attached hydrogen (secondary N) is 1. The van der Waals surface area contributed by atoms with E-state index in [1.165, 1.54) is 16.1 Å². The molecule has 1 N–H and O–H groups in total. The average Bonchev–Trinajstić information content (AvgIpc) is 3.06. The van der Waals surface area contributed by atoms with Crippen molar-refractivity contribution in [3.05, 3.63) is 108 Å². The predicted molar refractivity (Wildman–Crippen MR) is 126 cm³/mol. The van der Waals surface area contributed by atoms with Crippen LogP contribution in [0.5, 0.6) is 0 Å². The van der Waals surface area contributed by atoms with Crippen LogP contribution in [0, 0.1) is 12.3 Å². The Hall–Kier alpha value is -3.09. The monoisotopic (exact) mass is 444 g/mol. The molecule has 31 heavy (non-hydrogen) atoms. The molecule has 4 aromatic rings. The highest BCUT2D eigenvalue weighted by Gasteiger charge is 2.42. The van der Waals surface area contributed by atoms with Crippen molar-refractivity contribution in [2.45, 2.75) is 22.1 Å². The topological polar surface area (TPSA) is 61.2 Å². The zero-order chi connectivity index (χ0) is 21.6. The summed E-state index contributed by atoms with van der Waals surface area (Å²) in [7, 11) is -3.90. The third-order valence-electron chi connectivity index (χ3n) is 5.46. The number of sulfonamides is 1. The van der Waals surface area contributed by atoms with Gasteiger partial charge >= 0.3 is 0 Å². The molecular formula is C25H20N2O2S2. The van der Waals surface area contributed by atoms with Crippen LogP contribution in [-0.4, -0.2) is 18.6 Å². The maximum absolute atomic E-state index is 13.6. The summed E-state index contributed by atoms with van der Waals surface area (Å²) in [5, 5.41) is 10.4. The van der Waals surface area contributed by atoms with Crippen molar-refractivity contribution >= 4 is 38.4 Å². The van der Waals surface area contributed by atoms with Crippen molar-refractivity contribution in [1.82, 2.24) is 4.31 Å². The van der Waals surface area contributed by atoms with Gasteiger partial charge in [-0.1, -0.05) is 84.1 Å². The largest absolute Gasteiger partial charge is 0.283 e. The molecule has 0 aromatic heterocycles. The number of benzene rings is 4. The summed E-state index contributed by atoms with van der Waals surface area (Å²) in [4.78, 5) is 1.15. The van der Waals surface area contributed by atoms with Crippen molar-refractivity contribution in [2.75, 3.05) is 0 Å². The van der Waals surface area contributed by atoms with E-state index in [4.69, 9.17) is 5.41 Å². The number of aryl methyl sites for hydroxylation is 1. The summed E-state index contributed by atoms with van der Waals surface area (Å²) >= 11 is 1.45. The second-order valence-corrected chi connectivity index (χ2v) is 10.5. The minimum atomic E-state index is -3.90. The number of rotatable bonds is 4. The second kappa shape index (κ2) is 7.55. The van der Waals surface area contributed by atoms with Crippen LogP contribution in [0.4, 0.5) is 0 Å². The fourth-order valence-corrected chi connectivity index (χ4v) is 6.85. The molecular weight excluding hydrogens is 424 g/mol. The zero-order valence-electron chi connectivity index (χ0n) is 16.8. The van der Waals surface area contributed by atoms with Crippen LogP contribution in [0.1, 0.15) is 22.1 Å². The standard InChI is InChI=1S/C25H20N2O2S2/c1-17-10-14-21(15-11-17)31(28,29)27-24(26)22-8-4-5-9-23(22)25(27)30-20-13-12-18-6-2-3-7-19(18)16-20/h2-16,25-26H,1H3. The second-order valence-electron chi connectivity index (χ2n) is 7.53. The molecule has 1 atom stereocenters. The lowest BCUT2D eigenvalue weighted by Gasteiger charge is -2.26. The first-order valence-corrected chi connectivity index (χ1v) is 12.2. The van der Waals surface area contributed by atoms with E-state index in [1.807, 2.05) is 61.5 Å². The lowest BCUT2D eigenvalue weighted by Crippen LogP contribution is -2.33. The molecule has 0 amide bonds. The maximum atomic E-state index is 13.6. The molecule has 4 aromatic carbocycles. The summed E-state index contributed by atoms with van der Waals surface area (Å²) in [5.41, 5.74) is 2.47. The SMILES string of the molecule is Cc1ccc(S(=O)(=O)N2C(=N)c3ccccc3C2Sc2ccc3ccccc3c2)cc1. The van der Waals surface area contributed by atoms with E-state index in [1.54, 1.807) is 24.3 Å². The molecule has 1 heterocycles. The maximum Gasteiger partial charge on any atom is 0.266 e. The third-order valence-corrected chi connectivity index (χ3v) is 8.59. The predicted octanol–water partition coefficient (Wildman–Crippen LogP) is 5.97. The van der Waals surface area contributed by atoms with Gasteiger partial charge in [-0.05, 0) is 47.5 Å². The molecule has 0 radical (unpaired) electrons. The van der Waals surface area contributed by atoms with Crippen molar-refractivity contribution in [3.63, 3.8) is 0 Å². The fraction of sp³-hybridized carbons (Fsp3) is 0.0800. The molecule has 1 aliphatic rings. The number of amidine groups is 1. The highest BCUT2D eigenvalue weighted by atomic mass is 32.2. The van der Waals surface area contributed by atoms with Gasteiger partial charge in [-0.2, -0.15) is 0 Å². The Bertz CT molecular complexity index is 1410. The van der Waals surface area contributed by atoms with E-state index >= 15 is 0 Å². The molecule has 0 aliphatic carbocycles. The normalized spacial score (nSPS) is 16.0. The van der Waals surface area contributed by atoms with Crippen molar-refractivity contribution in [1.29, 1.82) is 5.41 Å². The van der Waals surface area contributed by atoms with Crippen molar-refractivity contribution in [3.8, 4) is 0 Å². The highest BCUT2D eigenvalue weighted by Crippen LogP contribution is 2.47. The van der Waals surface area contributed by atoms with Gasteiger partial charge in [0.1, 0.15) is 11.2 Å². The Kier molecular flexibility index (Phi) is 4.84. The van der Waals surface area contributed by atoms with Crippen LogP contribution in [0.3, 0.4) is 0 Å². The van der Waals surface area contributed by atoms with E-state index in [9.17, 15) is 8.42 Å². The summed E-state index contributed by atoms with van der Waals surface area (Å²) in [6, 6.07) is 28.5. The Labute approximate surface area is 186 Å². The van der Waals surface area contributed by atoms with E-state index in [0.29, 0.717) is 5.56 Å². The first kappa shape index (κ1) is 19.8. The molecule has 0 saturated carbocycles. The minimum Gasteiger partial charge on any atom is -0.283 e. The van der Waals surface area contributed by atoms with Crippen LogP contribution < -0.4 is 0 Å². The van der Waals surface area contributed by atoms with Gasteiger partial charge in [-0.25, -0.2) is 12.7 Å². The van der Waals surface area contributed by atoms with E-state index in [2.05, 4.69) is 12.1 Å². The van der Waals surface area contributed by atoms with Crippen LogP contribution >= 0.6 is 11.8 Å². The molecule has 154 valence electrons. The van der Waals surface area contributed by atoms with Gasteiger partial charge in [0.25, 0.3) is 10.0 Å². The summed E-state index contributed by atoms with van der Waals surface area (Å²) < 4.78 is 28.5. The van der Waals surface area contributed by atoms with E-state index < -0.39 is 15.4 Å². The van der Waals surface area contributed by atoms with E-state index in [0.717, 1.165) is 26.8 Å². The Morgan fingerprint density at radius 1 is 0.839 bits per heavy atom. The van der Waals surface area contributed by atoms with Crippen LogP contribution in [0.15, 0.2) is 101 Å². The van der Waals surface area contributed by atoms with Gasteiger partial charge in [-0.15, -0.1) is 0 Å². The summed E-state index contributed by atoms with van der Waals surface area (Å²) in [5.74, 6) is 0.00876. The van der Waals surface area contributed by atoms with Gasteiger partial charge in [0.05, 0.1) is 4.90 Å². The lowest BCUT2D eigenvalue weighted by molar-refractivity contribution is 0.521. The van der Waals surface area contributed by atoms with Crippen LogP contribution in [0.2, 0.25) is 0 Å². The number of hydrogen-bond acceptors (Lipinski definition) is 4. The number of fused-ring (bicyclic) bond motifs is 2. The highest BCUT2D eigenvalue weighted by molar-refractivity contribution is 8.00. The number of nitrogens with zero attached hydrogens (tertiary/aromatic N) is 1. The van der Waals surface area contributed by atoms with Gasteiger partial charge in [-0.3, -0.25) is 5.41 Å². The summed E-state index contributed by atoms with van der Waals surface area (Å²) in [6.45, 7) is 1.92. The van der Waals surface area contributed by atoms with Crippen LogP contribution in [-0.2, 0) is 10.0 Å². The van der Waals surface area contributed by atoms with E-state index in [-0.39, 0.29) is 10.7 Å². The minimum absolute atomic E-state index is 0.00876. The first-order chi connectivity index (χ1) is 14.9. The summed E-state index contributed by atoms with van der Waals surface area (Å²) in [6.07, 6.45) is 0. The van der Waals surface area contributed by atoms with Gasteiger partial charge < -0.3 is 0 Å². The van der Waals surface area contributed by atoms with Gasteiger partial charge in [0.2, 0.25) is 0 Å². The Balaban J connectivity index is 1.60. The van der Waals surface area contributed by atoms with Gasteiger partial charge in [0.15, 0.2) is 0 Å². The van der Waals surface area contributed by atoms with Gasteiger partial charge in [0, 0.05) is 10.5 Å². The third kappa shape index (κ3) is 3.42. The average molecular weight is 445 g/mol. The van der Waals surface area contributed by atoms with Crippen LogP contribution in [0.25, 0.3) is 10.8 Å². The molecule has 0 bridgehead atoms. The van der Waals surface area contributed by atoms with Crippen molar-refractivity contribution < 1.29 is 8.42 Å². The molecule has 1 aliphatic heterocycles. The molecule has 0 saturated heterocycles. The number of thioether (sulfide) groups is 1. The number of hydrogen-bond donors (Lipinski definition) is 1. The Morgan fingerprint density at radius 3 is 2.29 bits per heavy atom.